The van der Waals surface area contributed by atoms with Gasteiger partial charge in [-0.3, -0.25) is 9.59 Å². The van der Waals surface area contributed by atoms with Crippen molar-refractivity contribution in [1.29, 1.82) is 0 Å². The third-order valence-electron chi connectivity index (χ3n) is 2.38. The molecule has 7 nitrogen and oxygen atoms in total. The fourth-order valence-electron chi connectivity index (χ4n) is 1.57. The van der Waals surface area contributed by atoms with Crippen LogP contribution in [0.15, 0.2) is 12.7 Å². The number of carbonyl (C=O) groups excluding carboxylic acids is 2. The lowest BCUT2D eigenvalue weighted by Crippen LogP contribution is -2.39. The molecule has 0 aliphatic carbocycles. The lowest BCUT2D eigenvalue weighted by atomic mass is 10.4. The third-order valence-corrected chi connectivity index (χ3v) is 2.38. The molecule has 1 aliphatic rings. The predicted molar refractivity (Wildman–Crippen MR) is 54.2 cm³/mol. The van der Waals surface area contributed by atoms with E-state index in [-0.39, 0.29) is 24.9 Å². The van der Waals surface area contributed by atoms with E-state index in [4.69, 9.17) is 0 Å². The number of carbonyl (C=O) groups is 2. The van der Waals surface area contributed by atoms with Crippen LogP contribution < -0.4 is 5.32 Å². The van der Waals surface area contributed by atoms with Gasteiger partial charge in [0.2, 0.25) is 11.8 Å². The predicted octanol–water partition coefficient (Wildman–Crippen LogP) is -1.37. The number of nitrogens with zero attached hydrogens (tertiary/aromatic N) is 4. The van der Waals surface area contributed by atoms with E-state index in [9.17, 15) is 9.59 Å². The summed E-state index contributed by atoms with van der Waals surface area (Å²) >= 11 is 0. The second-order valence-electron chi connectivity index (χ2n) is 3.61. The fourth-order valence-corrected chi connectivity index (χ4v) is 1.57. The highest BCUT2D eigenvalue weighted by molar-refractivity contribution is 5.85. The van der Waals surface area contributed by atoms with Crippen molar-refractivity contribution < 1.29 is 9.59 Å². The van der Waals surface area contributed by atoms with Gasteiger partial charge in [0, 0.05) is 13.1 Å². The maximum absolute atomic E-state index is 11.8. The van der Waals surface area contributed by atoms with Gasteiger partial charge in [-0.15, -0.1) is 0 Å². The summed E-state index contributed by atoms with van der Waals surface area (Å²) in [7, 11) is 0. The minimum atomic E-state index is -0.109. The second-order valence-corrected chi connectivity index (χ2v) is 3.61. The molecular formula is C9H13N5O2. The number of aromatic nitrogens is 3. The van der Waals surface area contributed by atoms with E-state index >= 15 is 0 Å². The Hall–Kier alpha value is -1.92. The molecule has 1 aliphatic heterocycles. The van der Waals surface area contributed by atoms with Crippen molar-refractivity contribution in [3.8, 4) is 0 Å². The van der Waals surface area contributed by atoms with Gasteiger partial charge in [0.1, 0.15) is 19.2 Å². The summed E-state index contributed by atoms with van der Waals surface area (Å²) in [4.78, 5) is 28.4. The second kappa shape index (κ2) is 4.73. The molecule has 0 aromatic carbocycles. The first-order valence-corrected chi connectivity index (χ1v) is 5.12. The van der Waals surface area contributed by atoms with Gasteiger partial charge in [0.05, 0.1) is 6.54 Å². The van der Waals surface area contributed by atoms with Crippen molar-refractivity contribution in [1.82, 2.24) is 25.0 Å². The van der Waals surface area contributed by atoms with Gasteiger partial charge in [-0.25, -0.2) is 9.67 Å². The molecule has 1 N–H and O–H groups in total. The Labute approximate surface area is 92.4 Å². The van der Waals surface area contributed by atoms with E-state index in [1.165, 1.54) is 17.3 Å². The summed E-state index contributed by atoms with van der Waals surface area (Å²) in [6.45, 7) is 1.50. The van der Waals surface area contributed by atoms with Crippen LogP contribution >= 0.6 is 0 Å². The topological polar surface area (TPSA) is 80.1 Å². The van der Waals surface area contributed by atoms with Gasteiger partial charge in [-0.1, -0.05) is 0 Å². The van der Waals surface area contributed by atoms with Gasteiger partial charge in [0.15, 0.2) is 0 Å². The van der Waals surface area contributed by atoms with Gasteiger partial charge >= 0.3 is 0 Å². The van der Waals surface area contributed by atoms with Crippen LogP contribution in [0.4, 0.5) is 0 Å². The summed E-state index contributed by atoms with van der Waals surface area (Å²) in [5.74, 6) is -0.216. The molecule has 16 heavy (non-hydrogen) atoms. The average molecular weight is 223 g/mol. The molecule has 0 unspecified atom stereocenters. The molecule has 0 spiro atoms. The fraction of sp³-hybridized carbons (Fsp3) is 0.556. The third kappa shape index (κ3) is 2.56. The highest BCUT2D eigenvalue weighted by atomic mass is 16.2. The molecule has 0 atom stereocenters. The van der Waals surface area contributed by atoms with Crippen LogP contribution in [0.3, 0.4) is 0 Å². The van der Waals surface area contributed by atoms with Crippen molar-refractivity contribution in [3.05, 3.63) is 12.7 Å². The SMILES string of the molecule is O=C1CN(C(=O)Cn2cncn2)CCCN1. The molecule has 7 heteroatoms. The first-order valence-electron chi connectivity index (χ1n) is 5.12. The van der Waals surface area contributed by atoms with Crippen LogP contribution in [0.1, 0.15) is 6.42 Å². The Morgan fingerprint density at radius 2 is 2.44 bits per heavy atom. The molecule has 0 saturated carbocycles. The molecule has 1 fully saturated rings. The number of hydrogen-bond acceptors (Lipinski definition) is 4. The normalized spacial score (nSPS) is 16.8. The van der Waals surface area contributed by atoms with Gasteiger partial charge in [-0.2, -0.15) is 5.10 Å². The van der Waals surface area contributed by atoms with E-state index in [0.29, 0.717) is 13.1 Å². The first kappa shape index (κ1) is 10.6. The monoisotopic (exact) mass is 223 g/mol. The Morgan fingerprint density at radius 1 is 1.56 bits per heavy atom. The maximum Gasteiger partial charge on any atom is 0.244 e. The molecule has 0 radical (unpaired) electrons. The summed E-state index contributed by atoms with van der Waals surface area (Å²) in [5, 5.41) is 6.57. The van der Waals surface area contributed by atoms with E-state index in [1.54, 1.807) is 4.90 Å². The molecule has 1 aromatic rings. The van der Waals surface area contributed by atoms with Crippen molar-refractivity contribution in [2.24, 2.45) is 0 Å². The first-order chi connectivity index (χ1) is 7.75. The molecule has 0 bridgehead atoms. The average Bonchev–Trinajstić information content (AvgIpc) is 2.65. The number of amides is 2. The van der Waals surface area contributed by atoms with Crippen molar-refractivity contribution >= 4 is 11.8 Å². The van der Waals surface area contributed by atoms with Crippen LogP contribution in [-0.4, -0.2) is 51.1 Å². The molecular weight excluding hydrogens is 210 g/mol. The Morgan fingerprint density at radius 3 is 3.19 bits per heavy atom. The van der Waals surface area contributed by atoms with Crippen LogP contribution in [0, 0.1) is 0 Å². The lowest BCUT2D eigenvalue weighted by molar-refractivity contribution is -0.135. The van der Waals surface area contributed by atoms with Crippen molar-refractivity contribution in [2.75, 3.05) is 19.6 Å². The Balaban J connectivity index is 1.95. The van der Waals surface area contributed by atoms with E-state index in [0.717, 1.165) is 6.42 Å². The highest BCUT2D eigenvalue weighted by Crippen LogP contribution is 1.98. The largest absolute Gasteiger partial charge is 0.354 e. The van der Waals surface area contributed by atoms with Crippen LogP contribution in [-0.2, 0) is 16.1 Å². The standard InChI is InChI=1S/C9H13N5O2/c15-8-4-13(3-1-2-11-8)9(16)5-14-7-10-6-12-14/h6-7H,1-5H2,(H,11,15). The molecule has 1 aromatic heterocycles. The van der Waals surface area contributed by atoms with Crippen molar-refractivity contribution in [2.45, 2.75) is 13.0 Å². The molecule has 1 saturated heterocycles. The zero-order valence-corrected chi connectivity index (χ0v) is 8.80. The molecule has 2 rings (SSSR count). The van der Waals surface area contributed by atoms with E-state index in [2.05, 4.69) is 15.4 Å². The molecule has 2 heterocycles. The Bertz CT molecular complexity index is 375. The van der Waals surface area contributed by atoms with E-state index < -0.39 is 0 Å². The quantitative estimate of drug-likeness (QED) is 0.670. The van der Waals surface area contributed by atoms with Gasteiger partial charge in [0.25, 0.3) is 0 Å². The number of nitrogens with one attached hydrogen (secondary N) is 1. The van der Waals surface area contributed by atoms with Crippen LogP contribution in [0.2, 0.25) is 0 Å². The maximum atomic E-state index is 11.8. The zero-order chi connectivity index (χ0) is 11.4. The minimum absolute atomic E-state index is 0.107. The van der Waals surface area contributed by atoms with Crippen LogP contribution in [0.25, 0.3) is 0 Å². The summed E-state index contributed by atoms with van der Waals surface area (Å²) < 4.78 is 1.45. The summed E-state index contributed by atoms with van der Waals surface area (Å²) in [6.07, 6.45) is 3.65. The molecule has 2 amide bonds. The van der Waals surface area contributed by atoms with Gasteiger partial charge in [-0.05, 0) is 6.42 Å². The minimum Gasteiger partial charge on any atom is -0.354 e. The van der Waals surface area contributed by atoms with Crippen LogP contribution in [0.5, 0.6) is 0 Å². The van der Waals surface area contributed by atoms with E-state index in [1.807, 2.05) is 0 Å². The summed E-state index contributed by atoms with van der Waals surface area (Å²) in [5.41, 5.74) is 0. The number of rotatable bonds is 2. The Kier molecular flexibility index (Phi) is 3.13. The lowest BCUT2D eigenvalue weighted by Gasteiger charge is -2.18. The van der Waals surface area contributed by atoms with Gasteiger partial charge < -0.3 is 10.2 Å². The number of hydrogen-bond donors (Lipinski definition) is 1. The molecule has 86 valence electrons. The van der Waals surface area contributed by atoms with Crippen molar-refractivity contribution in [3.63, 3.8) is 0 Å². The highest BCUT2D eigenvalue weighted by Gasteiger charge is 2.19. The summed E-state index contributed by atoms with van der Waals surface area (Å²) in [6, 6.07) is 0. The smallest absolute Gasteiger partial charge is 0.244 e. The zero-order valence-electron chi connectivity index (χ0n) is 8.80.